The van der Waals surface area contributed by atoms with Gasteiger partial charge in [0.1, 0.15) is 5.75 Å². The van der Waals surface area contributed by atoms with Crippen LogP contribution in [0.25, 0.3) is 0 Å². The Kier molecular flexibility index (Phi) is 5.47. The molecule has 1 saturated heterocycles. The zero-order valence-electron chi connectivity index (χ0n) is 12.1. The van der Waals surface area contributed by atoms with E-state index in [1.165, 1.54) is 38.1 Å². The molecule has 0 aromatic heterocycles. The van der Waals surface area contributed by atoms with Crippen molar-refractivity contribution in [2.24, 2.45) is 0 Å². The number of hydrogen-bond acceptors (Lipinski definition) is 3. The van der Waals surface area contributed by atoms with E-state index in [0.29, 0.717) is 0 Å². The second-order valence-corrected chi connectivity index (χ2v) is 5.34. The van der Waals surface area contributed by atoms with Crippen molar-refractivity contribution in [2.45, 2.75) is 32.2 Å². The lowest BCUT2D eigenvalue weighted by Gasteiger charge is -2.19. The predicted octanol–water partition coefficient (Wildman–Crippen LogP) is 3.33. The average molecular weight is 302 g/mol. The summed E-state index contributed by atoms with van der Waals surface area (Å²) in [5.41, 5.74) is 0.950. The molecule has 3 nitrogen and oxygen atoms in total. The Labute approximate surface area is 123 Å². The van der Waals surface area contributed by atoms with Crippen LogP contribution in [0, 0.1) is 0 Å². The van der Waals surface area contributed by atoms with E-state index in [4.69, 9.17) is 0 Å². The number of benzene rings is 1. The standard InChI is InChI=1S/C15H21F3N2O/c1-12(19-8-11-20-9-2-3-10-20)13-4-6-14(7-5-13)21-15(16,17)18/h4-7,12,19H,2-3,8-11H2,1H3. The Bertz CT molecular complexity index is 428. The number of ether oxygens (including phenoxy) is 1. The van der Waals surface area contributed by atoms with Crippen LogP contribution in [-0.2, 0) is 0 Å². The lowest BCUT2D eigenvalue weighted by Crippen LogP contribution is -2.31. The Morgan fingerprint density at radius 2 is 1.81 bits per heavy atom. The third-order valence-corrected chi connectivity index (χ3v) is 3.69. The van der Waals surface area contributed by atoms with Crippen LogP contribution in [0.4, 0.5) is 13.2 Å². The Hall–Kier alpha value is -1.27. The molecule has 6 heteroatoms. The molecule has 1 heterocycles. The van der Waals surface area contributed by atoms with Gasteiger partial charge in [-0.2, -0.15) is 0 Å². The topological polar surface area (TPSA) is 24.5 Å². The number of rotatable bonds is 6. The maximum atomic E-state index is 12.1. The number of hydrogen-bond donors (Lipinski definition) is 1. The highest BCUT2D eigenvalue weighted by Gasteiger charge is 2.31. The summed E-state index contributed by atoms with van der Waals surface area (Å²) >= 11 is 0. The van der Waals surface area contributed by atoms with Gasteiger partial charge in [0, 0.05) is 19.1 Å². The fourth-order valence-electron chi connectivity index (χ4n) is 2.52. The van der Waals surface area contributed by atoms with Crippen molar-refractivity contribution in [1.29, 1.82) is 0 Å². The lowest BCUT2D eigenvalue weighted by molar-refractivity contribution is -0.274. The molecular formula is C15H21F3N2O. The van der Waals surface area contributed by atoms with Crippen molar-refractivity contribution in [3.63, 3.8) is 0 Å². The normalized spacial score (nSPS) is 17.9. The maximum Gasteiger partial charge on any atom is 0.573 e. The summed E-state index contributed by atoms with van der Waals surface area (Å²) in [5.74, 6) is -0.185. The SMILES string of the molecule is CC(NCCN1CCCC1)c1ccc(OC(F)(F)F)cc1. The fourth-order valence-corrected chi connectivity index (χ4v) is 2.52. The molecule has 2 rings (SSSR count). The summed E-state index contributed by atoms with van der Waals surface area (Å²) in [6, 6.07) is 6.12. The largest absolute Gasteiger partial charge is 0.573 e. The third-order valence-electron chi connectivity index (χ3n) is 3.69. The third kappa shape index (κ3) is 5.55. The molecule has 1 N–H and O–H groups in total. The Morgan fingerprint density at radius 1 is 1.19 bits per heavy atom. The van der Waals surface area contributed by atoms with Crippen molar-refractivity contribution in [1.82, 2.24) is 10.2 Å². The van der Waals surface area contributed by atoms with E-state index >= 15 is 0 Å². The number of alkyl halides is 3. The van der Waals surface area contributed by atoms with Crippen molar-refractivity contribution in [2.75, 3.05) is 26.2 Å². The van der Waals surface area contributed by atoms with Crippen molar-refractivity contribution in [3.05, 3.63) is 29.8 Å². The van der Waals surface area contributed by atoms with Crippen LogP contribution in [0.5, 0.6) is 5.75 Å². The minimum atomic E-state index is -4.64. The summed E-state index contributed by atoms with van der Waals surface area (Å²) in [4.78, 5) is 2.42. The van der Waals surface area contributed by atoms with E-state index in [1.807, 2.05) is 6.92 Å². The van der Waals surface area contributed by atoms with E-state index in [1.54, 1.807) is 12.1 Å². The average Bonchev–Trinajstić information content (AvgIpc) is 2.91. The van der Waals surface area contributed by atoms with Crippen LogP contribution in [0.1, 0.15) is 31.4 Å². The molecule has 1 atom stereocenters. The van der Waals surface area contributed by atoms with Gasteiger partial charge in [0.15, 0.2) is 0 Å². The van der Waals surface area contributed by atoms with Crippen LogP contribution in [0.15, 0.2) is 24.3 Å². The summed E-state index contributed by atoms with van der Waals surface area (Å²) in [5, 5.41) is 3.39. The number of nitrogens with zero attached hydrogens (tertiary/aromatic N) is 1. The summed E-state index contributed by atoms with van der Waals surface area (Å²) in [6.07, 6.45) is -2.09. The summed E-state index contributed by atoms with van der Waals surface area (Å²) < 4.78 is 40.1. The van der Waals surface area contributed by atoms with Gasteiger partial charge >= 0.3 is 6.36 Å². The summed E-state index contributed by atoms with van der Waals surface area (Å²) in [7, 11) is 0. The molecule has 1 aliphatic heterocycles. The molecule has 0 amide bonds. The molecule has 0 radical (unpaired) electrons. The van der Waals surface area contributed by atoms with E-state index in [2.05, 4.69) is 15.0 Å². The molecule has 1 fully saturated rings. The van der Waals surface area contributed by atoms with Gasteiger partial charge in [-0.1, -0.05) is 12.1 Å². The van der Waals surface area contributed by atoms with Crippen LogP contribution in [0.3, 0.4) is 0 Å². The molecule has 21 heavy (non-hydrogen) atoms. The van der Waals surface area contributed by atoms with Crippen molar-refractivity contribution >= 4 is 0 Å². The first kappa shape index (κ1) is 16.1. The van der Waals surface area contributed by atoms with Gasteiger partial charge in [0.25, 0.3) is 0 Å². The van der Waals surface area contributed by atoms with E-state index in [0.717, 1.165) is 18.7 Å². The minimum absolute atomic E-state index is 0.104. The number of halogens is 3. The first-order valence-corrected chi connectivity index (χ1v) is 7.25. The minimum Gasteiger partial charge on any atom is -0.406 e. The van der Waals surface area contributed by atoms with Crippen LogP contribution < -0.4 is 10.1 Å². The smallest absolute Gasteiger partial charge is 0.406 e. The van der Waals surface area contributed by atoms with Crippen molar-refractivity contribution in [3.8, 4) is 5.75 Å². The van der Waals surface area contributed by atoms with Crippen LogP contribution in [-0.4, -0.2) is 37.4 Å². The Balaban J connectivity index is 1.77. The molecule has 1 aromatic rings. The van der Waals surface area contributed by atoms with Crippen LogP contribution >= 0.6 is 0 Å². The second kappa shape index (κ2) is 7.13. The molecule has 0 saturated carbocycles. The molecule has 1 unspecified atom stereocenters. The highest BCUT2D eigenvalue weighted by molar-refractivity contribution is 5.29. The zero-order valence-corrected chi connectivity index (χ0v) is 12.1. The maximum absolute atomic E-state index is 12.1. The zero-order chi connectivity index (χ0) is 15.3. The number of nitrogens with one attached hydrogen (secondary N) is 1. The molecule has 0 bridgehead atoms. The first-order chi connectivity index (χ1) is 9.94. The van der Waals surface area contributed by atoms with Gasteiger partial charge in [-0.3, -0.25) is 0 Å². The molecule has 118 valence electrons. The quantitative estimate of drug-likeness (QED) is 0.872. The highest BCUT2D eigenvalue weighted by atomic mass is 19.4. The van der Waals surface area contributed by atoms with Gasteiger partial charge < -0.3 is 15.0 Å². The van der Waals surface area contributed by atoms with Gasteiger partial charge in [-0.25, -0.2) is 0 Å². The Morgan fingerprint density at radius 3 is 2.38 bits per heavy atom. The molecule has 0 spiro atoms. The van der Waals surface area contributed by atoms with Gasteiger partial charge in [-0.15, -0.1) is 13.2 Å². The lowest BCUT2D eigenvalue weighted by atomic mass is 10.1. The molecular weight excluding hydrogens is 281 g/mol. The van der Waals surface area contributed by atoms with Gasteiger partial charge in [-0.05, 0) is 50.6 Å². The van der Waals surface area contributed by atoms with Gasteiger partial charge in [0.05, 0.1) is 0 Å². The molecule has 0 aliphatic carbocycles. The van der Waals surface area contributed by atoms with E-state index in [9.17, 15) is 13.2 Å². The monoisotopic (exact) mass is 302 g/mol. The van der Waals surface area contributed by atoms with Crippen LogP contribution in [0.2, 0.25) is 0 Å². The van der Waals surface area contributed by atoms with Gasteiger partial charge in [0.2, 0.25) is 0 Å². The highest BCUT2D eigenvalue weighted by Crippen LogP contribution is 2.24. The summed E-state index contributed by atoms with van der Waals surface area (Å²) in [6.45, 7) is 6.23. The van der Waals surface area contributed by atoms with E-state index in [-0.39, 0.29) is 11.8 Å². The van der Waals surface area contributed by atoms with E-state index < -0.39 is 6.36 Å². The molecule has 1 aliphatic rings. The fraction of sp³-hybridized carbons (Fsp3) is 0.600. The first-order valence-electron chi connectivity index (χ1n) is 7.25. The van der Waals surface area contributed by atoms with Crippen molar-refractivity contribution < 1.29 is 17.9 Å². The molecule has 1 aromatic carbocycles. The predicted molar refractivity (Wildman–Crippen MR) is 75.2 cm³/mol. The number of likely N-dealkylation sites (tertiary alicyclic amines) is 1. The second-order valence-electron chi connectivity index (χ2n) is 5.34.